The summed E-state index contributed by atoms with van der Waals surface area (Å²) < 4.78 is 0. The molecule has 0 fully saturated rings. The lowest BCUT2D eigenvalue weighted by Crippen LogP contribution is -3.00. The molecule has 12 heavy (non-hydrogen) atoms. The van der Waals surface area contributed by atoms with Gasteiger partial charge in [-0.3, -0.25) is 0 Å². The van der Waals surface area contributed by atoms with E-state index in [1.165, 1.54) is 16.5 Å². The first kappa shape index (κ1) is 9.20. The van der Waals surface area contributed by atoms with Crippen LogP contribution in [0, 0.1) is 6.92 Å². The Bertz CT molecular complexity index is 384. The zero-order valence-electron chi connectivity index (χ0n) is 6.84. The number of benzene rings is 1. The second kappa shape index (κ2) is 3.68. The minimum absolute atomic E-state index is 0. The third-order valence-corrected chi connectivity index (χ3v) is 1.82. The fourth-order valence-corrected chi connectivity index (χ4v) is 1.24. The van der Waals surface area contributed by atoms with E-state index < -0.39 is 0 Å². The molecule has 2 heteroatoms. The molecule has 2 rings (SSSR count). The van der Waals surface area contributed by atoms with Gasteiger partial charge in [0.25, 0.3) is 0 Å². The lowest BCUT2D eigenvalue weighted by Gasteiger charge is -1.91. The number of aromatic nitrogens is 1. The normalized spacial score (nSPS) is 9.42. The zero-order valence-corrected chi connectivity index (χ0v) is 8.43. The van der Waals surface area contributed by atoms with Gasteiger partial charge in [-0.2, -0.15) is 0 Å². The van der Waals surface area contributed by atoms with Crippen molar-refractivity contribution in [3.05, 3.63) is 42.2 Å². The van der Waals surface area contributed by atoms with Gasteiger partial charge in [-0.1, -0.05) is 18.2 Å². The number of aromatic amines is 1. The molecule has 2 aromatic rings. The highest BCUT2D eigenvalue weighted by molar-refractivity contribution is 5.80. The van der Waals surface area contributed by atoms with E-state index in [0.717, 1.165) is 0 Å². The van der Waals surface area contributed by atoms with Crippen LogP contribution in [-0.2, 0) is 0 Å². The summed E-state index contributed by atoms with van der Waals surface area (Å²) in [4.78, 5) is 3.17. The minimum Gasteiger partial charge on any atom is -1.00 e. The van der Waals surface area contributed by atoms with Crippen molar-refractivity contribution in [2.24, 2.45) is 0 Å². The van der Waals surface area contributed by atoms with Gasteiger partial charge in [0, 0.05) is 18.4 Å². The predicted octanol–water partition coefficient (Wildman–Crippen LogP) is -1.03. The molecule has 0 bridgehead atoms. The van der Waals surface area contributed by atoms with E-state index in [-0.39, 0.29) is 17.0 Å². The van der Waals surface area contributed by atoms with Gasteiger partial charge >= 0.3 is 0 Å². The monoisotopic (exact) mass is 223 g/mol. The van der Waals surface area contributed by atoms with Crippen LogP contribution >= 0.6 is 0 Å². The van der Waals surface area contributed by atoms with Crippen molar-refractivity contribution < 1.29 is 22.0 Å². The molecular formula is C10H10BrN. The van der Waals surface area contributed by atoms with Crippen LogP contribution < -0.4 is 22.0 Å². The van der Waals surface area contributed by atoms with E-state index >= 15 is 0 Å². The molecule has 0 unspecified atom stereocenters. The summed E-state index contributed by atoms with van der Waals surface area (Å²) in [5, 5.41) is 2.56. The third kappa shape index (κ3) is 1.64. The van der Waals surface area contributed by atoms with Crippen LogP contribution in [0.4, 0.5) is 0 Å². The highest BCUT2D eigenvalue weighted by Gasteiger charge is 1.95. The highest BCUT2D eigenvalue weighted by atomic mass is 79.9. The second-order valence-corrected chi connectivity index (χ2v) is 2.74. The Morgan fingerprint density at radius 2 is 1.75 bits per heavy atom. The van der Waals surface area contributed by atoms with Crippen molar-refractivity contribution in [1.29, 1.82) is 0 Å². The number of rotatable bonds is 0. The van der Waals surface area contributed by atoms with Gasteiger partial charge in [0.15, 0.2) is 11.9 Å². The smallest absolute Gasteiger partial charge is 0.177 e. The molecule has 0 saturated heterocycles. The molecule has 0 amide bonds. The van der Waals surface area contributed by atoms with Gasteiger partial charge in [0.1, 0.15) is 0 Å². The van der Waals surface area contributed by atoms with Gasteiger partial charge in [-0.15, -0.1) is 0 Å². The Hall–Kier alpha value is -0.890. The van der Waals surface area contributed by atoms with Crippen LogP contribution in [0.25, 0.3) is 10.8 Å². The molecular weight excluding hydrogens is 214 g/mol. The molecule has 0 spiro atoms. The van der Waals surface area contributed by atoms with Crippen LogP contribution in [0.5, 0.6) is 0 Å². The van der Waals surface area contributed by atoms with Crippen LogP contribution in [0.15, 0.2) is 36.5 Å². The van der Waals surface area contributed by atoms with Crippen molar-refractivity contribution in [3.63, 3.8) is 0 Å². The van der Waals surface area contributed by atoms with Gasteiger partial charge in [-0.25, -0.2) is 4.98 Å². The molecule has 1 heterocycles. The molecule has 0 radical (unpaired) electrons. The van der Waals surface area contributed by atoms with Gasteiger partial charge in [0.05, 0.1) is 0 Å². The maximum absolute atomic E-state index is 3.17. The van der Waals surface area contributed by atoms with Crippen molar-refractivity contribution in [2.45, 2.75) is 6.92 Å². The Balaban J connectivity index is 0.000000720. The average molecular weight is 224 g/mol. The quantitative estimate of drug-likeness (QED) is 0.543. The Morgan fingerprint density at radius 3 is 2.50 bits per heavy atom. The predicted molar refractivity (Wildman–Crippen MR) is 45.2 cm³/mol. The largest absolute Gasteiger partial charge is 1.00 e. The van der Waals surface area contributed by atoms with Gasteiger partial charge in [0.2, 0.25) is 0 Å². The molecule has 1 nitrogen and oxygen atoms in total. The van der Waals surface area contributed by atoms with E-state index in [4.69, 9.17) is 0 Å². The molecule has 0 aliphatic rings. The first-order valence-corrected chi connectivity index (χ1v) is 3.73. The summed E-state index contributed by atoms with van der Waals surface area (Å²) in [5.74, 6) is 0. The average Bonchev–Trinajstić information content (AvgIpc) is 2.04. The van der Waals surface area contributed by atoms with E-state index in [1.807, 2.05) is 12.3 Å². The zero-order chi connectivity index (χ0) is 7.68. The van der Waals surface area contributed by atoms with E-state index in [0.29, 0.717) is 0 Å². The van der Waals surface area contributed by atoms with Crippen LogP contribution in [0.3, 0.4) is 0 Å². The first-order valence-electron chi connectivity index (χ1n) is 3.73. The fourth-order valence-electron chi connectivity index (χ4n) is 1.24. The summed E-state index contributed by atoms with van der Waals surface area (Å²) in [5.41, 5.74) is 1.20. The molecule has 1 N–H and O–H groups in total. The van der Waals surface area contributed by atoms with Crippen LogP contribution in [0.2, 0.25) is 0 Å². The number of hydrogen-bond donors (Lipinski definition) is 0. The summed E-state index contributed by atoms with van der Waals surface area (Å²) in [6, 6.07) is 10.5. The fraction of sp³-hybridized carbons (Fsp3) is 0.100. The second-order valence-electron chi connectivity index (χ2n) is 2.74. The maximum Gasteiger partial charge on any atom is 0.177 e. The molecule has 1 aromatic carbocycles. The molecule has 0 atom stereocenters. The molecule has 62 valence electrons. The number of nitrogens with one attached hydrogen (secondary N) is 1. The topological polar surface area (TPSA) is 14.1 Å². The minimum atomic E-state index is 0. The number of aryl methyl sites for hydroxylation is 1. The maximum atomic E-state index is 3.17. The van der Waals surface area contributed by atoms with Crippen molar-refractivity contribution in [1.82, 2.24) is 0 Å². The van der Waals surface area contributed by atoms with E-state index in [1.54, 1.807) is 0 Å². The van der Waals surface area contributed by atoms with Crippen LogP contribution in [0.1, 0.15) is 5.69 Å². The molecule has 0 aliphatic carbocycles. The lowest BCUT2D eigenvalue weighted by atomic mass is 10.1. The number of fused-ring (bicyclic) bond motifs is 1. The molecule has 0 saturated carbocycles. The Labute approximate surface area is 82.2 Å². The van der Waals surface area contributed by atoms with Crippen molar-refractivity contribution >= 4 is 10.8 Å². The summed E-state index contributed by atoms with van der Waals surface area (Å²) in [7, 11) is 0. The summed E-state index contributed by atoms with van der Waals surface area (Å²) >= 11 is 0. The number of halogens is 1. The van der Waals surface area contributed by atoms with E-state index in [2.05, 4.69) is 36.2 Å². The van der Waals surface area contributed by atoms with Crippen LogP contribution in [-0.4, -0.2) is 0 Å². The lowest BCUT2D eigenvalue weighted by molar-refractivity contribution is -0.385. The number of pyridine rings is 1. The van der Waals surface area contributed by atoms with Gasteiger partial charge in [-0.05, 0) is 11.5 Å². The van der Waals surface area contributed by atoms with Gasteiger partial charge < -0.3 is 17.0 Å². The molecule has 0 aliphatic heterocycles. The van der Waals surface area contributed by atoms with Crippen molar-refractivity contribution in [2.75, 3.05) is 0 Å². The molecule has 1 aromatic heterocycles. The summed E-state index contributed by atoms with van der Waals surface area (Å²) in [6.45, 7) is 2.06. The SMILES string of the molecule is Cc1cc2ccccc2c[nH+]1.[Br-]. The summed E-state index contributed by atoms with van der Waals surface area (Å²) in [6.07, 6.45) is 2.03. The Kier molecular flexibility index (Phi) is 2.82. The number of H-pyrrole nitrogens is 1. The Morgan fingerprint density at radius 1 is 1.08 bits per heavy atom. The number of hydrogen-bond acceptors (Lipinski definition) is 0. The van der Waals surface area contributed by atoms with Crippen molar-refractivity contribution in [3.8, 4) is 0 Å². The standard InChI is InChI=1S/C10H9N.BrH/c1-8-6-9-4-2-3-5-10(9)7-11-8;/h2-7H,1H3;1H. The first-order chi connectivity index (χ1) is 5.36. The van der Waals surface area contributed by atoms with E-state index in [9.17, 15) is 0 Å². The highest BCUT2D eigenvalue weighted by Crippen LogP contribution is 2.10. The third-order valence-electron chi connectivity index (χ3n) is 1.82.